The molecular weight excluding hydrogens is 140 g/mol. The summed E-state index contributed by atoms with van der Waals surface area (Å²) in [5.74, 6) is 0.480. The van der Waals surface area contributed by atoms with Gasteiger partial charge in [-0.1, -0.05) is 0 Å². The molecule has 3 heteroatoms. The van der Waals surface area contributed by atoms with Gasteiger partial charge in [-0.05, 0) is 20.0 Å². The molecule has 3 atom stereocenters. The van der Waals surface area contributed by atoms with Crippen molar-refractivity contribution in [2.75, 3.05) is 26.7 Å². The molecule has 0 amide bonds. The zero-order valence-corrected chi connectivity index (χ0v) is 6.95. The second-order valence-electron chi connectivity index (χ2n) is 3.80. The molecule has 0 spiro atoms. The number of nitrogens with zero attached hydrogens (tertiary/aromatic N) is 1. The molecule has 0 aromatic heterocycles. The van der Waals surface area contributed by atoms with Gasteiger partial charge in [0.05, 0.1) is 6.10 Å². The highest BCUT2D eigenvalue weighted by atomic mass is 16.3. The van der Waals surface area contributed by atoms with Crippen LogP contribution in [0.4, 0.5) is 0 Å². The molecule has 2 aliphatic rings. The largest absolute Gasteiger partial charge is 0.391 e. The summed E-state index contributed by atoms with van der Waals surface area (Å²) >= 11 is 0. The number of likely N-dealkylation sites (tertiary alicyclic amines) is 1. The Morgan fingerprint density at radius 1 is 1.55 bits per heavy atom. The zero-order valence-electron chi connectivity index (χ0n) is 6.95. The van der Waals surface area contributed by atoms with Crippen LogP contribution in [0, 0.1) is 5.92 Å². The van der Waals surface area contributed by atoms with Crippen LogP contribution in [0.5, 0.6) is 0 Å². The minimum absolute atomic E-state index is 0.109. The van der Waals surface area contributed by atoms with E-state index in [4.69, 9.17) is 0 Å². The maximum Gasteiger partial charge on any atom is 0.0719 e. The van der Waals surface area contributed by atoms with E-state index < -0.39 is 0 Å². The van der Waals surface area contributed by atoms with E-state index in [2.05, 4.69) is 17.3 Å². The van der Waals surface area contributed by atoms with Crippen molar-refractivity contribution in [2.45, 2.75) is 18.6 Å². The SMILES string of the molecule is CN1CCC2NCC(O)C2C1. The van der Waals surface area contributed by atoms with Crippen LogP contribution in [0.25, 0.3) is 0 Å². The summed E-state index contributed by atoms with van der Waals surface area (Å²) < 4.78 is 0. The van der Waals surface area contributed by atoms with Gasteiger partial charge < -0.3 is 15.3 Å². The molecule has 2 heterocycles. The Balaban J connectivity index is 2.01. The molecule has 0 aromatic rings. The van der Waals surface area contributed by atoms with Crippen molar-refractivity contribution >= 4 is 0 Å². The Kier molecular flexibility index (Phi) is 1.87. The van der Waals surface area contributed by atoms with E-state index in [9.17, 15) is 5.11 Å². The Hall–Kier alpha value is -0.120. The monoisotopic (exact) mass is 156 g/mol. The van der Waals surface area contributed by atoms with Gasteiger partial charge in [-0.25, -0.2) is 0 Å². The van der Waals surface area contributed by atoms with Gasteiger partial charge in [0.2, 0.25) is 0 Å². The normalized spacial score (nSPS) is 45.8. The molecule has 3 unspecified atom stereocenters. The first kappa shape index (κ1) is 7.53. The fraction of sp³-hybridized carbons (Fsp3) is 1.00. The van der Waals surface area contributed by atoms with Crippen molar-refractivity contribution in [3.05, 3.63) is 0 Å². The van der Waals surface area contributed by atoms with Crippen molar-refractivity contribution in [1.29, 1.82) is 0 Å². The molecule has 2 fully saturated rings. The number of aliphatic hydroxyl groups excluding tert-OH is 1. The predicted octanol–water partition coefficient (Wildman–Crippen LogP) is -0.729. The number of piperidine rings is 1. The molecule has 0 aliphatic carbocycles. The number of nitrogens with one attached hydrogen (secondary N) is 1. The van der Waals surface area contributed by atoms with Crippen LogP contribution in [-0.4, -0.2) is 48.8 Å². The maximum atomic E-state index is 9.55. The standard InChI is InChI=1S/C8H16N2O/c1-10-3-2-7-6(5-10)8(11)4-9-7/h6-9,11H,2-5H2,1H3. The fourth-order valence-corrected chi connectivity index (χ4v) is 2.22. The van der Waals surface area contributed by atoms with Crippen LogP contribution in [0.1, 0.15) is 6.42 Å². The molecule has 11 heavy (non-hydrogen) atoms. The van der Waals surface area contributed by atoms with Crippen LogP contribution in [0.3, 0.4) is 0 Å². The lowest BCUT2D eigenvalue weighted by molar-refractivity contribution is 0.0887. The average molecular weight is 156 g/mol. The second-order valence-corrected chi connectivity index (χ2v) is 3.80. The topological polar surface area (TPSA) is 35.5 Å². The van der Waals surface area contributed by atoms with Crippen LogP contribution in [0.15, 0.2) is 0 Å². The second kappa shape index (κ2) is 2.73. The highest BCUT2D eigenvalue weighted by Crippen LogP contribution is 2.23. The number of hydrogen-bond donors (Lipinski definition) is 2. The molecule has 2 N–H and O–H groups in total. The lowest BCUT2D eigenvalue weighted by Crippen LogP contribution is -2.44. The number of rotatable bonds is 0. The predicted molar refractivity (Wildman–Crippen MR) is 43.4 cm³/mol. The Bertz CT molecular complexity index is 151. The molecule has 2 saturated heterocycles. The van der Waals surface area contributed by atoms with Crippen molar-refractivity contribution < 1.29 is 5.11 Å². The van der Waals surface area contributed by atoms with Crippen LogP contribution in [0.2, 0.25) is 0 Å². The van der Waals surface area contributed by atoms with Gasteiger partial charge in [0.15, 0.2) is 0 Å². The molecule has 0 bridgehead atoms. The highest BCUT2D eigenvalue weighted by Gasteiger charge is 2.37. The van der Waals surface area contributed by atoms with Gasteiger partial charge >= 0.3 is 0 Å². The van der Waals surface area contributed by atoms with Crippen LogP contribution < -0.4 is 5.32 Å². The minimum atomic E-state index is -0.109. The summed E-state index contributed by atoms with van der Waals surface area (Å²) in [5.41, 5.74) is 0. The van der Waals surface area contributed by atoms with Gasteiger partial charge in [-0.3, -0.25) is 0 Å². The summed E-state index contributed by atoms with van der Waals surface area (Å²) in [4.78, 5) is 2.30. The highest BCUT2D eigenvalue weighted by molar-refractivity contribution is 4.94. The van der Waals surface area contributed by atoms with Crippen molar-refractivity contribution in [3.63, 3.8) is 0 Å². The van der Waals surface area contributed by atoms with Crippen molar-refractivity contribution in [1.82, 2.24) is 10.2 Å². The van der Waals surface area contributed by atoms with Gasteiger partial charge in [-0.2, -0.15) is 0 Å². The first-order valence-electron chi connectivity index (χ1n) is 4.37. The quantitative estimate of drug-likeness (QED) is 0.485. The molecule has 64 valence electrons. The molecule has 0 radical (unpaired) electrons. The summed E-state index contributed by atoms with van der Waals surface area (Å²) in [6.07, 6.45) is 1.08. The van der Waals surface area contributed by atoms with Gasteiger partial charge in [-0.15, -0.1) is 0 Å². The number of β-amino-alcohol motifs (C(OH)–C–C–N with tert-alkyl or cyclic N) is 1. The third-order valence-corrected chi connectivity index (χ3v) is 2.94. The van der Waals surface area contributed by atoms with E-state index in [-0.39, 0.29) is 6.10 Å². The fourth-order valence-electron chi connectivity index (χ4n) is 2.22. The van der Waals surface area contributed by atoms with E-state index in [1.54, 1.807) is 0 Å². The van der Waals surface area contributed by atoms with Crippen LogP contribution in [-0.2, 0) is 0 Å². The summed E-state index contributed by atoms with van der Waals surface area (Å²) in [6.45, 7) is 3.02. The minimum Gasteiger partial charge on any atom is -0.391 e. The molecule has 0 aromatic carbocycles. The third kappa shape index (κ3) is 1.28. The smallest absolute Gasteiger partial charge is 0.0719 e. The molecule has 2 aliphatic heterocycles. The lowest BCUT2D eigenvalue weighted by Gasteiger charge is -2.33. The lowest BCUT2D eigenvalue weighted by atomic mass is 9.92. The first-order valence-corrected chi connectivity index (χ1v) is 4.37. The Morgan fingerprint density at radius 2 is 2.36 bits per heavy atom. The molecule has 3 nitrogen and oxygen atoms in total. The Labute approximate surface area is 67.4 Å². The van der Waals surface area contributed by atoms with E-state index in [0.29, 0.717) is 12.0 Å². The van der Waals surface area contributed by atoms with E-state index >= 15 is 0 Å². The number of aliphatic hydroxyl groups is 1. The molecule has 0 saturated carbocycles. The molecule has 2 rings (SSSR count). The van der Waals surface area contributed by atoms with E-state index in [0.717, 1.165) is 13.1 Å². The van der Waals surface area contributed by atoms with Crippen molar-refractivity contribution in [3.8, 4) is 0 Å². The maximum absolute atomic E-state index is 9.55. The van der Waals surface area contributed by atoms with Gasteiger partial charge in [0, 0.05) is 25.0 Å². The number of fused-ring (bicyclic) bond motifs is 1. The van der Waals surface area contributed by atoms with Gasteiger partial charge in [0.1, 0.15) is 0 Å². The average Bonchev–Trinajstić information content (AvgIpc) is 2.33. The number of hydrogen-bond acceptors (Lipinski definition) is 3. The van der Waals surface area contributed by atoms with Gasteiger partial charge in [0.25, 0.3) is 0 Å². The molecular formula is C8H16N2O. The summed E-state index contributed by atoms with van der Waals surface area (Å²) in [5, 5.41) is 12.9. The zero-order chi connectivity index (χ0) is 7.84. The third-order valence-electron chi connectivity index (χ3n) is 2.94. The van der Waals surface area contributed by atoms with E-state index in [1.807, 2.05) is 0 Å². The van der Waals surface area contributed by atoms with Crippen LogP contribution >= 0.6 is 0 Å². The Morgan fingerprint density at radius 3 is 3.18 bits per heavy atom. The first-order chi connectivity index (χ1) is 5.27. The summed E-state index contributed by atoms with van der Waals surface area (Å²) in [6, 6.07) is 0.584. The summed E-state index contributed by atoms with van der Waals surface area (Å²) in [7, 11) is 2.13. The van der Waals surface area contributed by atoms with Crippen molar-refractivity contribution in [2.24, 2.45) is 5.92 Å². The van der Waals surface area contributed by atoms with E-state index in [1.165, 1.54) is 13.0 Å².